The van der Waals surface area contributed by atoms with E-state index in [0.29, 0.717) is 27.9 Å². The van der Waals surface area contributed by atoms with Gasteiger partial charge in [0.1, 0.15) is 0 Å². The van der Waals surface area contributed by atoms with Crippen molar-refractivity contribution in [1.29, 1.82) is 0 Å². The summed E-state index contributed by atoms with van der Waals surface area (Å²) in [4.78, 5) is 24.8. The Balaban J connectivity index is 1.36. The molecule has 5 rings (SSSR count). The largest absolute Gasteiger partial charge is 0.454 e. The summed E-state index contributed by atoms with van der Waals surface area (Å²) in [5.41, 5.74) is 2.88. The summed E-state index contributed by atoms with van der Waals surface area (Å²) in [6.07, 6.45) is 0.854. The van der Waals surface area contributed by atoms with Gasteiger partial charge in [-0.3, -0.25) is 14.2 Å². The molecular formula is C23H22N4O4S. The van der Waals surface area contributed by atoms with E-state index in [9.17, 15) is 9.59 Å². The molecule has 3 heterocycles. The number of anilines is 1. The lowest BCUT2D eigenvalue weighted by Crippen LogP contribution is -2.33. The van der Waals surface area contributed by atoms with Gasteiger partial charge in [-0.05, 0) is 38.8 Å². The maximum absolute atomic E-state index is 12.7. The fraction of sp³-hybridized carbons (Fsp3) is 0.304. The van der Waals surface area contributed by atoms with E-state index in [1.165, 1.54) is 24.2 Å². The first-order valence-corrected chi connectivity index (χ1v) is 11.2. The second kappa shape index (κ2) is 7.67. The zero-order valence-electron chi connectivity index (χ0n) is 18.0. The standard InChI is InChI=1S/C23H22N4O4S/c1-13(28)16-8-18-19(31-12-30-18)9-17(16)24-20(29)11-32-22-26-25-21-15-7-5-4-6-14(15)10-23(2,3)27(21)22/h4-9H,10-12H2,1-3H3,(H,24,29). The van der Waals surface area contributed by atoms with Crippen molar-refractivity contribution in [2.24, 2.45) is 0 Å². The molecule has 2 aliphatic rings. The van der Waals surface area contributed by atoms with Crippen molar-refractivity contribution in [3.8, 4) is 22.9 Å². The lowest BCUT2D eigenvalue weighted by atomic mass is 9.87. The third kappa shape index (κ3) is 3.52. The summed E-state index contributed by atoms with van der Waals surface area (Å²) >= 11 is 1.32. The quantitative estimate of drug-likeness (QED) is 0.465. The van der Waals surface area contributed by atoms with E-state index >= 15 is 0 Å². The Hall–Kier alpha value is -3.33. The van der Waals surface area contributed by atoms with Crippen molar-refractivity contribution in [3.05, 3.63) is 47.5 Å². The molecular weight excluding hydrogens is 428 g/mol. The topological polar surface area (TPSA) is 95.3 Å². The Labute approximate surface area is 189 Å². The predicted octanol–water partition coefficient (Wildman–Crippen LogP) is 3.90. The molecule has 1 N–H and O–H groups in total. The fourth-order valence-corrected chi connectivity index (χ4v) is 5.07. The number of fused-ring (bicyclic) bond motifs is 4. The SMILES string of the molecule is CC(=O)c1cc2c(cc1NC(=O)CSc1nnc3n1C(C)(C)Cc1ccccc1-3)OCO2. The van der Waals surface area contributed by atoms with Crippen LogP contribution in [0.4, 0.5) is 5.69 Å². The van der Waals surface area contributed by atoms with Crippen LogP contribution in [-0.4, -0.2) is 39.0 Å². The van der Waals surface area contributed by atoms with Crippen molar-refractivity contribution >= 4 is 29.1 Å². The van der Waals surface area contributed by atoms with Gasteiger partial charge in [-0.1, -0.05) is 36.0 Å². The van der Waals surface area contributed by atoms with Gasteiger partial charge in [-0.25, -0.2) is 0 Å². The van der Waals surface area contributed by atoms with Crippen LogP contribution in [0.25, 0.3) is 11.4 Å². The first kappa shape index (κ1) is 20.6. The van der Waals surface area contributed by atoms with Crippen LogP contribution in [0.1, 0.15) is 36.7 Å². The van der Waals surface area contributed by atoms with Gasteiger partial charge >= 0.3 is 0 Å². The molecule has 0 radical (unpaired) electrons. The Morgan fingerprint density at radius 3 is 2.69 bits per heavy atom. The number of ether oxygens (including phenoxy) is 2. The average Bonchev–Trinajstić information content (AvgIpc) is 3.38. The molecule has 164 valence electrons. The van der Waals surface area contributed by atoms with Crippen molar-refractivity contribution in [3.63, 3.8) is 0 Å². The lowest BCUT2D eigenvalue weighted by molar-refractivity contribution is -0.113. The van der Waals surface area contributed by atoms with Crippen molar-refractivity contribution in [1.82, 2.24) is 14.8 Å². The number of nitrogens with zero attached hydrogens (tertiary/aromatic N) is 3. The van der Waals surface area contributed by atoms with Gasteiger partial charge in [0.2, 0.25) is 12.7 Å². The normalized spacial score (nSPS) is 15.1. The molecule has 9 heteroatoms. The minimum atomic E-state index is -0.247. The third-order valence-electron chi connectivity index (χ3n) is 5.62. The summed E-state index contributed by atoms with van der Waals surface area (Å²) < 4.78 is 12.8. The summed E-state index contributed by atoms with van der Waals surface area (Å²) in [5.74, 6) is 1.53. The molecule has 0 atom stereocenters. The highest BCUT2D eigenvalue weighted by molar-refractivity contribution is 7.99. The molecule has 2 aliphatic heterocycles. The van der Waals surface area contributed by atoms with Crippen molar-refractivity contribution in [2.45, 2.75) is 37.9 Å². The number of rotatable bonds is 5. The summed E-state index contributed by atoms with van der Waals surface area (Å²) in [5, 5.41) is 12.3. The number of carbonyl (C=O) groups excluding carboxylic acids is 2. The lowest BCUT2D eigenvalue weighted by Gasteiger charge is -2.34. The first-order valence-electron chi connectivity index (χ1n) is 10.2. The Bertz CT molecular complexity index is 1250. The van der Waals surface area contributed by atoms with E-state index in [2.05, 4.69) is 46.1 Å². The van der Waals surface area contributed by atoms with Gasteiger partial charge in [0, 0.05) is 22.7 Å². The van der Waals surface area contributed by atoms with Crippen LogP contribution in [-0.2, 0) is 16.8 Å². The van der Waals surface area contributed by atoms with Crippen LogP contribution in [0.3, 0.4) is 0 Å². The van der Waals surface area contributed by atoms with Gasteiger partial charge in [0.25, 0.3) is 0 Å². The number of carbonyl (C=O) groups is 2. The minimum Gasteiger partial charge on any atom is -0.454 e. The maximum Gasteiger partial charge on any atom is 0.234 e. The number of amides is 1. The van der Waals surface area contributed by atoms with E-state index < -0.39 is 0 Å². The molecule has 1 aromatic heterocycles. The number of benzene rings is 2. The highest BCUT2D eigenvalue weighted by Crippen LogP contribution is 2.40. The second-order valence-electron chi connectivity index (χ2n) is 8.43. The number of ketones is 1. The van der Waals surface area contributed by atoms with Crippen LogP contribution in [0.15, 0.2) is 41.6 Å². The maximum atomic E-state index is 12.7. The molecule has 1 amide bonds. The van der Waals surface area contributed by atoms with E-state index in [1.807, 2.05) is 12.1 Å². The van der Waals surface area contributed by atoms with Crippen LogP contribution in [0, 0.1) is 0 Å². The zero-order chi connectivity index (χ0) is 22.5. The molecule has 2 aromatic carbocycles. The molecule has 0 aliphatic carbocycles. The first-order chi connectivity index (χ1) is 15.3. The molecule has 0 bridgehead atoms. The number of thioether (sulfide) groups is 1. The van der Waals surface area contributed by atoms with Gasteiger partial charge in [-0.2, -0.15) is 0 Å². The highest BCUT2D eigenvalue weighted by Gasteiger charge is 2.34. The average molecular weight is 451 g/mol. The number of nitrogens with one attached hydrogen (secondary N) is 1. The summed E-state index contributed by atoms with van der Waals surface area (Å²) in [6, 6.07) is 11.4. The molecule has 0 unspecified atom stereocenters. The Morgan fingerprint density at radius 2 is 1.91 bits per heavy atom. The smallest absolute Gasteiger partial charge is 0.234 e. The molecule has 8 nitrogen and oxygen atoms in total. The van der Waals surface area contributed by atoms with E-state index in [4.69, 9.17) is 9.47 Å². The molecule has 0 spiro atoms. The van der Waals surface area contributed by atoms with E-state index in [0.717, 1.165) is 17.8 Å². The number of hydrogen-bond acceptors (Lipinski definition) is 7. The Morgan fingerprint density at radius 1 is 1.16 bits per heavy atom. The van der Waals surface area contributed by atoms with Crippen LogP contribution >= 0.6 is 11.8 Å². The number of aromatic nitrogens is 3. The summed E-state index contributed by atoms with van der Waals surface area (Å²) in [7, 11) is 0. The van der Waals surface area contributed by atoms with Gasteiger partial charge in [0.15, 0.2) is 28.3 Å². The van der Waals surface area contributed by atoms with Crippen LogP contribution < -0.4 is 14.8 Å². The minimum absolute atomic E-state index is 0.0941. The van der Waals surface area contributed by atoms with Gasteiger partial charge in [0.05, 0.1) is 11.4 Å². The molecule has 0 saturated heterocycles. The van der Waals surface area contributed by atoms with Crippen molar-refractivity contribution < 1.29 is 19.1 Å². The third-order valence-corrected chi connectivity index (χ3v) is 6.55. The molecule has 0 saturated carbocycles. The van der Waals surface area contributed by atoms with Crippen LogP contribution in [0.2, 0.25) is 0 Å². The zero-order valence-corrected chi connectivity index (χ0v) is 18.8. The van der Waals surface area contributed by atoms with E-state index in [1.54, 1.807) is 12.1 Å². The monoisotopic (exact) mass is 450 g/mol. The van der Waals surface area contributed by atoms with Crippen molar-refractivity contribution in [2.75, 3.05) is 17.9 Å². The van der Waals surface area contributed by atoms with E-state index in [-0.39, 0.29) is 29.8 Å². The van der Waals surface area contributed by atoms with Crippen LogP contribution in [0.5, 0.6) is 11.5 Å². The highest BCUT2D eigenvalue weighted by atomic mass is 32.2. The molecule has 32 heavy (non-hydrogen) atoms. The fourth-order valence-electron chi connectivity index (χ4n) is 4.17. The summed E-state index contributed by atoms with van der Waals surface area (Å²) in [6.45, 7) is 5.83. The van der Waals surface area contributed by atoms with Gasteiger partial charge in [-0.15, -0.1) is 10.2 Å². The molecule has 0 fully saturated rings. The second-order valence-corrected chi connectivity index (χ2v) is 9.37. The Kier molecular flexibility index (Phi) is 4.93. The predicted molar refractivity (Wildman–Crippen MR) is 120 cm³/mol. The number of Topliss-reactive ketones (excluding diaryl/α,β-unsaturated/α-hetero) is 1. The van der Waals surface area contributed by atoms with Gasteiger partial charge < -0.3 is 14.8 Å². The molecule has 3 aromatic rings. The number of hydrogen-bond donors (Lipinski definition) is 1.